The zero-order valence-corrected chi connectivity index (χ0v) is 20.3. The zero-order valence-electron chi connectivity index (χ0n) is 18.7. The number of amides is 1. The molecule has 1 heterocycles. The molecule has 34 heavy (non-hydrogen) atoms. The highest BCUT2D eigenvalue weighted by Gasteiger charge is 2.31. The van der Waals surface area contributed by atoms with Gasteiger partial charge in [0.1, 0.15) is 11.4 Å². The van der Waals surface area contributed by atoms with E-state index in [9.17, 15) is 18.0 Å². The van der Waals surface area contributed by atoms with Gasteiger partial charge in [-0.05, 0) is 61.8 Å². The van der Waals surface area contributed by atoms with Crippen LogP contribution in [0.4, 0.5) is 13.2 Å². The number of alkyl halides is 3. The number of aryl methyl sites for hydroxylation is 1. The van der Waals surface area contributed by atoms with E-state index in [0.29, 0.717) is 30.5 Å². The van der Waals surface area contributed by atoms with Crippen LogP contribution >= 0.6 is 24.8 Å². The number of rotatable bonds is 10. The van der Waals surface area contributed by atoms with Crippen molar-refractivity contribution < 1.29 is 22.7 Å². The summed E-state index contributed by atoms with van der Waals surface area (Å²) in [5.74, 6) is -0.638. The van der Waals surface area contributed by atoms with Crippen LogP contribution < -0.4 is 15.8 Å². The molecule has 3 aromatic rings. The lowest BCUT2D eigenvalue weighted by molar-refractivity contribution is -0.274. The van der Waals surface area contributed by atoms with Crippen molar-refractivity contribution in [2.45, 2.75) is 25.7 Å². The number of benzene rings is 2. The molecule has 3 rings (SSSR count). The van der Waals surface area contributed by atoms with E-state index in [1.807, 2.05) is 19.2 Å². The van der Waals surface area contributed by atoms with Gasteiger partial charge in [-0.25, -0.2) is 0 Å². The van der Waals surface area contributed by atoms with Crippen LogP contribution in [0.2, 0.25) is 0 Å². The van der Waals surface area contributed by atoms with Crippen molar-refractivity contribution in [2.75, 3.05) is 26.7 Å². The lowest BCUT2D eigenvalue weighted by Gasteiger charge is -2.16. The minimum Gasteiger partial charge on any atom is -0.406 e. The fourth-order valence-electron chi connectivity index (χ4n) is 3.39. The Balaban J connectivity index is 0.00000289. The van der Waals surface area contributed by atoms with Gasteiger partial charge >= 0.3 is 6.36 Å². The van der Waals surface area contributed by atoms with Crippen LogP contribution in [-0.2, 0) is 13.0 Å². The Kier molecular flexibility index (Phi) is 11.7. The van der Waals surface area contributed by atoms with Gasteiger partial charge in [-0.15, -0.1) is 38.0 Å². The molecule has 4 N–H and O–H groups in total. The van der Waals surface area contributed by atoms with Crippen LogP contribution in [0.1, 0.15) is 28.0 Å². The molecule has 0 aliphatic rings. The normalized spacial score (nSPS) is 11.1. The predicted molar refractivity (Wildman–Crippen MR) is 132 cm³/mol. The molecule has 6 nitrogen and oxygen atoms in total. The van der Waals surface area contributed by atoms with Crippen molar-refractivity contribution in [1.82, 2.24) is 15.2 Å². The van der Waals surface area contributed by atoms with Crippen molar-refractivity contribution in [3.63, 3.8) is 0 Å². The molecule has 188 valence electrons. The second-order valence-corrected chi connectivity index (χ2v) is 7.66. The van der Waals surface area contributed by atoms with Gasteiger partial charge in [0, 0.05) is 30.5 Å². The Hall–Kier alpha value is -2.46. The van der Waals surface area contributed by atoms with Gasteiger partial charge in [0.15, 0.2) is 0 Å². The maximum absolute atomic E-state index is 12.4. The van der Waals surface area contributed by atoms with E-state index in [1.54, 1.807) is 0 Å². The van der Waals surface area contributed by atoms with Gasteiger partial charge in [-0.1, -0.05) is 24.3 Å². The first-order chi connectivity index (χ1) is 15.2. The van der Waals surface area contributed by atoms with Gasteiger partial charge in [-0.3, -0.25) is 4.79 Å². The molecule has 0 bridgehead atoms. The molecule has 1 amide bonds. The van der Waals surface area contributed by atoms with Crippen molar-refractivity contribution in [3.05, 3.63) is 65.4 Å². The summed E-state index contributed by atoms with van der Waals surface area (Å²) in [5, 5.41) is 3.30. The lowest BCUT2D eigenvalue weighted by Crippen LogP contribution is -2.33. The maximum atomic E-state index is 12.4. The highest BCUT2D eigenvalue weighted by molar-refractivity contribution is 5.98. The number of halogens is 5. The lowest BCUT2D eigenvalue weighted by atomic mass is 10.1. The van der Waals surface area contributed by atoms with Crippen LogP contribution in [0.15, 0.2) is 48.5 Å². The number of likely N-dealkylation sites (N-methyl/N-ethyl adjacent to an activating group) is 1. The molecule has 0 fully saturated rings. The molecule has 0 spiro atoms. The third kappa shape index (κ3) is 9.06. The Morgan fingerprint density at radius 3 is 2.38 bits per heavy atom. The summed E-state index contributed by atoms with van der Waals surface area (Å²) in [6.45, 7) is 2.57. The highest BCUT2D eigenvalue weighted by Crippen LogP contribution is 2.26. The van der Waals surface area contributed by atoms with Gasteiger partial charge in [0.05, 0.1) is 0 Å². The molecule has 0 radical (unpaired) electrons. The number of aromatic nitrogens is 1. The minimum atomic E-state index is -4.76. The molecule has 1 aromatic heterocycles. The van der Waals surface area contributed by atoms with Crippen LogP contribution in [0.5, 0.6) is 5.75 Å². The molecular weight excluding hydrogens is 492 g/mol. The second kappa shape index (κ2) is 13.4. The van der Waals surface area contributed by atoms with Gasteiger partial charge in [0.25, 0.3) is 5.91 Å². The smallest absolute Gasteiger partial charge is 0.406 e. The summed E-state index contributed by atoms with van der Waals surface area (Å²) in [6, 6.07) is 13.7. The first-order valence-corrected chi connectivity index (χ1v) is 10.4. The van der Waals surface area contributed by atoms with Gasteiger partial charge in [-0.2, -0.15) is 0 Å². The van der Waals surface area contributed by atoms with Crippen LogP contribution in [0, 0.1) is 0 Å². The van der Waals surface area contributed by atoms with Crippen LogP contribution in [0.3, 0.4) is 0 Å². The van der Waals surface area contributed by atoms with Gasteiger partial charge < -0.3 is 25.7 Å². The predicted octanol–water partition coefficient (Wildman–Crippen LogP) is 4.66. The van der Waals surface area contributed by atoms with E-state index >= 15 is 0 Å². The highest BCUT2D eigenvalue weighted by atomic mass is 35.5. The quantitative estimate of drug-likeness (QED) is 0.363. The maximum Gasteiger partial charge on any atom is 0.573 e. The molecule has 0 aliphatic carbocycles. The Bertz CT molecular complexity index is 1040. The summed E-state index contributed by atoms with van der Waals surface area (Å²) in [6.07, 6.45) is -2.79. The number of nitrogens with zero attached hydrogens (tertiary/aromatic N) is 1. The number of aromatic amines is 1. The number of fused-ring (bicyclic) bond motifs is 1. The number of ether oxygens (including phenoxy) is 1. The zero-order chi connectivity index (χ0) is 23.1. The van der Waals surface area contributed by atoms with E-state index in [-0.39, 0.29) is 42.2 Å². The SMILES string of the molecule is CN(CCCc1ccc(CN)cc1)CCNC(=O)c1cc2cc(OC(F)(F)F)ccc2[nH]1.Cl.Cl. The molecular formula is C23H29Cl2F3N4O2. The number of nitrogens with one attached hydrogen (secondary N) is 2. The van der Waals surface area contributed by atoms with E-state index < -0.39 is 6.36 Å². The molecule has 11 heteroatoms. The summed E-state index contributed by atoms with van der Waals surface area (Å²) in [5.41, 5.74) is 8.84. The molecule has 2 aromatic carbocycles. The number of carbonyl (C=O) groups is 1. The summed E-state index contributed by atoms with van der Waals surface area (Å²) in [4.78, 5) is 17.4. The average Bonchev–Trinajstić information content (AvgIpc) is 3.16. The number of hydrogen-bond donors (Lipinski definition) is 3. The summed E-state index contributed by atoms with van der Waals surface area (Å²) in [7, 11) is 1.99. The number of nitrogens with two attached hydrogens (primary N) is 1. The fourth-order valence-corrected chi connectivity index (χ4v) is 3.39. The Morgan fingerprint density at radius 1 is 1.06 bits per heavy atom. The van der Waals surface area contributed by atoms with E-state index in [4.69, 9.17) is 5.73 Å². The van der Waals surface area contributed by atoms with E-state index in [1.165, 1.54) is 29.8 Å². The fraction of sp³-hybridized carbons (Fsp3) is 0.348. The summed E-state index contributed by atoms with van der Waals surface area (Å²) < 4.78 is 41.0. The van der Waals surface area contributed by atoms with E-state index in [2.05, 4.69) is 32.1 Å². The first kappa shape index (κ1) is 29.6. The number of H-pyrrole nitrogens is 1. The van der Waals surface area contributed by atoms with Crippen LogP contribution in [0.25, 0.3) is 10.9 Å². The molecule has 0 atom stereocenters. The molecule has 0 aliphatic heterocycles. The Labute approximate surface area is 208 Å². The number of hydrogen-bond acceptors (Lipinski definition) is 4. The van der Waals surface area contributed by atoms with Crippen molar-refractivity contribution in [3.8, 4) is 5.75 Å². The Morgan fingerprint density at radius 2 is 1.74 bits per heavy atom. The van der Waals surface area contributed by atoms with Gasteiger partial charge in [0.2, 0.25) is 0 Å². The minimum absolute atomic E-state index is 0. The monoisotopic (exact) mass is 520 g/mol. The van der Waals surface area contributed by atoms with Crippen molar-refractivity contribution in [2.24, 2.45) is 5.73 Å². The topological polar surface area (TPSA) is 83.4 Å². The summed E-state index contributed by atoms with van der Waals surface area (Å²) >= 11 is 0. The van der Waals surface area contributed by atoms with Crippen molar-refractivity contribution in [1.29, 1.82) is 0 Å². The molecule has 0 saturated heterocycles. The number of carbonyl (C=O) groups excluding carboxylic acids is 1. The third-order valence-electron chi connectivity index (χ3n) is 5.11. The standard InChI is InChI=1S/C23H27F3N4O2.2ClH/c1-30(11-2-3-16-4-6-17(15-27)7-5-16)12-10-28-22(31)21-14-18-13-19(32-23(24,25)26)8-9-20(18)29-21;;/h4-9,13-14,29H,2-3,10-12,15,27H2,1H3,(H,28,31);2*1H. The average molecular weight is 521 g/mol. The first-order valence-electron chi connectivity index (χ1n) is 10.4. The van der Waals surface area contributed by atoms with Crippen molar-refractivity contribution >= 4 is 41.6 Å². The van der Waals surface area contributed by atoms with E-state index in [0.717, 1.165) is 24.9 Å². The second-order valence-electron chi connectivity index (χ2n) is 7.66. The molecule has 0 unspecified atom stereocenters. The third-order valence-corrected chi connectivity index (χ3v) is 5.11. The molecule has 0 saturated carbocycles. The van der Waals surface area contributed by atoms with Crippen LogP contribution in [-0.4, -0.2) is 48.8 Å². The largest absolute Gasteiger partial charge is 0.573 e.